The lowest BCUT2D eigenvalue weighted by atomic mass is 10.1. The molecule has 0 atom stereocenters. The first-order valence-electron chi connectivity index (χ1n) is 12.7. The summed E-state index contributed by atoms with van der Waals surface area (Å²) in [5, 5.41) is 11.8. The predicted molar refractivity (Wildman–Crippen MR) is 150 cm³/mol. The van der Waals surface area contributed by atoms with Crippen LogP contribution in [-0.4, -0.2) is 60.0 Å². The summed E-state index contributed by atoms with van der Waals surface area (Å²) in [4.78, 5) is 15.1. The molecule has 0 saturated carbocycles. The number of nitrogens with zero attached hydrogens (tertiary/aromatic N) is 3. The number of ether oxygens (including phenoxy) is 1. The number of alkyl halides is 3. The van der Waals surface area contributed by atoms with Crippen molar-refractivity contribution in [2.75, 3.05) is 44.7 Å². The summed E-state index contributed by atoms with van der Waals surface area (Å²) in [6.45, 7) is 4.13. The molecule has 0 radical (unpaired) electrons. The van der Waals surface area contributed by atoms with Gasteiger partial charge in [0.1, 0.15) is 0 Å². The minimum atomic E-state index is -4.64. The Kier molecular flexibility index (Phi) is 8.51. The van der Waals surface area contributed by atoms with Gasteiger partial charge in [0.2, 0.25) is 0 Å². The van der Waals surface area contributed by atoms with Crippen LogP contribution in [0.25, 0.3) is 16.6 Å². The first kappa shape index (κ1) is 28.2. The largest absolute Gasteiger partial charge is 0.416 e. The number of rotatable bonds is 8. The first-order chi connectivity index (χ1) is 19.2. The highest BCUT2D eigenvalue weighted by Gasteiger charge is 2.32. The molecule has 40 heavy (non-hydrogen) atoms. The Labute approximate surface area is 238 Å². The fourth-order valence-corrected chi connectivity index (χ4v) is 5.03. The van der Waals surface area contributed by atoms with E-state index in [1.165, 1.54) is 10.7 Å². The Bertz CT molecular complexity index is 1500. The number of benzene rings is 3. The van der Waals surface area contributed by atoms with Gasteiger partial charge in [0.25, 0.3) is 5.91 Å². The van der Waals surface area contributed by atoms with E-state index < -0.39 is 17.6 Å². The van der Waals surface area contributed by atoms with Crippen LogP contribution in [0.15, 0.2) is 60.8 Å². The third-order valence-electron chi connectivity index (χ3n) is 6.59. The van der Waals surface area contributed by atoms with Crippen molar-refractivity contribution in [3.8, 4) is 5.69 Å². The molecule has 0 bridgehead atoms. The van der Waals surface area contributed by atoms with Crippen LogP contribution in [0.4, 0.5) is 24.5 Å². The van der Waals surface area contributed by atoms with Crippen molar-refractivity contribution in [1.29, 1.82) is 0 Å². The van der Waals surface area contributed by atoms with Crippen LogP contribution < -0.4 is 10.6 Å². The Balaban J connectivity index is 1.37. The Morgan fingerprint density at radius 1 is 1.02 bits per heavy atom. The molecule has 3 aromatic carbocycles. The summed E-state index contributed by atoms with van der Waals surface area (Å²) >= 11 is 12.5. The number of amides is 1. The van der Waals surface area contributed by atoms with E-state index in [1.807, 2.05) is 0 Å². The summed E-state index contributed by atoms with van der Waals surface area (Å²) in [5.74, 6) is -0.575. The van der Waals surface area contributed by atoms with Gasteiger partial charge in [-0.25, -0.2) is 4.68 Å². The van der Waals surface area contributed by atoms with Crippen molar-refractivity contribution in [2.45, 2.75) is 12.6 Å². The molecule has 0 unspecified atom stereocenters. The fourth-order valence-electron chi connectivity index (χ4n) is 4.54. The minimum absolute atomic E-state index is 0.0912. The molecule has 0 aliphatic carbocycles. The van der Waals surface area contributed by atoms with Gasteiger partial charge in [-0.2, -0.15) is 18.3 Å². The number of aromatic nitrogens is 2. The quantitative estimate of drug-likeness (QED) is 0.227. The minimum Gasteiger partial charge on any atom is -0.379 e. The zero-order valence-electron chi connectivity index (χ0n) is 21.3. The van der Waals surface area contributed by atoms with Crippen LogP contribution in [0.3, 0.4) is 0 Å². The molecular formula is C28H26Cl2F3N5O2. The van der Waals surface area contributed by atoms with Crippen molar-refractivity contribution < 1.29 is 22.7 Å². The lowest BCUT2D eigenvalue weighted by Gasteiger charge is -2.26. The number of halogens is 5. The standard InChI is InChI=1S/C28H26Cl2F3N5O2/c29-23-3-1-4-24(30)26(23)36-21-5-6-25-19(14-21)17-35-38(25)22-15-18(13-20(16-22)28(31,32)33)27(39)34-7-2-8-37-9-11-40-12-10-37/h1,3-6,13-17,36H,2,7-12H2,(H,34,39). The summed E-state index contributed by atoms with van der Waals surface area (Å²) < 4.78 is 48.1. The van der Waals surface area contributed by atoms with Crippen LogP contribution in [0.5, 0.6) is 0 Å². The second-order valence-electron chi connectivity index (χ2n) is 9.38. The molecule has 1 amide bonds. The summed E-state index contributed by atoms with van der Waals surface area (Å²) in [5.41, 5.74) is 0.870. The topological polar surface area (TPSA) is 71.4 Å². The van der Waals surface area contributed by atoms with E-state index in [-0.39, 0.29) is 11.3 Å². The van der Waals surface area contributed by atoms with E-state index in [0.717, 1.165) is 31.8 Å². The number of hydrogen-bond donors (Lipinski definition) is 2. The lowest BCUT2D eigenvalue weighted by molar-refractivity contribution is -0.137. The highest BCUT2D eigenvalue weighted by molar-refractivity contribution is 6.39. The van der Waals surface area contributed by atoms with Crippen molar-refractivity contribution in [2.24, 2.45) is 0 Å². The fraction of sp³-hybridized carbons (Fsp3) is 0.286. The molecular weight excluding hydrogens is 566 g/mol. The van der Waals surface area contributed by atoms with Gasteiger partial charge >= 0.3 is 6.18 Å². The Morgan fingerprint density at radius 3 is 2.50 bits per heavy atom. The van der Waals surface area contributed by atoms with Crippen LogP contribution in [0, 0.1) is 0 Å². The van der Waals surface area contributed by atoms with Crippen LogP contribution >= 0.6 is 23.2 Å². The molecule has 210 valence electrons. The van der Waals surface area contributed by atoms with Crippen LogP contribution in [0.2, 0.25) is 10.0 Å². The predicted octanol–water partition coefficient (Wildman–Crippen LogP) is 6.55. The smallest absolute Gasteiger partial charge is 0.379 e. The third-order valence-corrected chi connectivity index (χ3v) is 7.22. The maximum atomic E-state index is 13.8. The highest BCUT2D eigenvalue weighted by atomic mass is 35.5. The number of fused-ring (bicyclic) bond motifs is 1. The second kappa shape index (κ2) is 12.1. The maximum Gasteiger partial charge on any atom is 0.416 e. The number of para-hydroxylation sites is 1. The molecule has 0 spiro atoms. The van der Waals surface area contributed by atoms with Gasteiger partial charge in [0, 0.05) is 36.3 Å². The SMILES string of the molecule is O=C(NCCCN1CCOCC1)c1cc(-n2ncc3cc(Nc4c(Cl)cccc4Cl)ccc32)cc(C(F)(F)F)c1. The zero-order chi connectivity index (χ0) is 28.3. The molecule has 12 heteroatoms. The highest BCUT2D eigenvalue weighted by Crippen LogP contribution is 2.35. The zero-order valence-corrected chi connectivity index (χ0v) is 22.8. The van der Waals surface area contributed by atoms with Crippen molar-refractivity contribution >= 4 is 51.4 Å². The number of hydrogen-bond acceptors (Lipinski definition) is 5. The molecule has 1 aliphatic rings. The lowest BCUT2D eigenvalue weighted by Crippen LogP contribution is -2.38. The number of carbonyl (C=O) groups excluding carboxylic acids is 1. The first-order valence-corrected chi connectivity index (χ1v) is 13.4. The molecule has 4 aromatic rings. The molecule has 5 rings (SSSR count). The molecule has 1 aromatic heterocycles. The average molecular weight is 592 g/mol. The van der Waals surface area contributed by atoms with Crippen LogP contribution in [0.1, 0.15) is 22.3 Å². The summed E-state index contributed by atoms with van der Waals surface area (Å²) in [6.07, 6.45) is -2.42. The normalized spacial score (nSPS) is 14.4. The number of nitrogens with one attached hydrogen (secondary N) is 2. The number of morpholine rings is 1. The number of anilines is 2. The van der Waals surface area contributed by atoms with Crippen molar-refractivity contribution in [3.05, 3.63) is 82.0 Å². The Morgan fingerprint density at radius 2 is 1.77 bits per heavy atom. The van der Waals surface area contributed by atoms with Gasteiger partial charge in [-0.05, 0) is 61.5 Å². The molecule has 1 saturated heterocycles. The molecule has 2 heterocycles. The van der Waals surface area contributed by atoms with Crippen molar-refractivity contribution in [1.82, 2.24) is 20.0 Å². The maximum absolute atomic E-state index is 13.8. The molecule has 1 fully saturated rings. The van der Waals surface area contributed by atoms with Gasteiger partial charge in [0.05, 0.1) is 51.9 Å². The summed E-state index contributed by atoms with van der Waals surface area (Å²) in [6, 6.07) is 13.7. The van der Waals surface area contributed by atoms with Crippen molar-refractivity contribution in [3.63, 3.8) is 0 Å². The second-order valence-corrected chi connectivity index (χ2v) is 10.2. The van der Waals surface area contributed by atoms with Gasteiger partial charge < -0.3 is 15.4 Å². The summed E-state index contributed by atoms with van der Waals surface area (Å²) in [7, 11) is 0. The number of carbonyl (C=O) groups is 1. The Hall–Kier alpha value is -3.31. The average Bonchev–Trinajstić information content (AvgIpc) is 3.36. The van der Waals surface area contributed by atoms with E-state index in [0.29, 0.717) is 58.5 Å². The van der Waals surface area contributed by atoms with Gasteiger partial charge in [-0.3, -0.25) is 9.69 Å². The van der Waals surface area contributed by atoms with E-state index in [1.54, 1.807) is 42.6 Å². The van der Waals surface area contributed by atoms with E-state index in [4.69, 9.17) is 27.9 Å². The van der Waals surface area contributed by atoms with Gasteiger partial charge in [-0.15, -0.1) is 0 Å². The molecule has 7 nitrogen and oxygen atoms in total. The molecule has 1 aliphatic heterocycles. The van der Waals surface area contributed by atoms with E-state index >= 15 is 0 Å². The molecule has 2 N–H and O–H groups in total. The van der Waals surface area contributed by atoms with Gasteiger partial charge in [0.15, 0.2) is 0 Å². The monoisotopic (exact) mass is 591 g/mol. The third kappa shape index (κ3) is 6.52. The van der Waals surface area contributed by atoms with Crippen LogP contribution in [-0.2, 0) is 10.9 Å². The van der Waals surface area contributed by atoms with E-state index in [9.17, 15) is 18.0 Å². The van der Waals surface area contributed by atoms with Gasteiger partial charge in [-0.1, -0.05) is 29.3 Å². The van der Waals surface area contributed by atoms with E-state index in [2.05, 4.69) is 20.6 Å².